The molecule has 0 aliphatic carbocycles. The average Bonchev–Trinajstić information content (AvgIpc) is 2.96. The maximum Gasteiger partial charge on any atom is 0.303 e. The summed E-state index contributed by atoms with van der Waals surface area (Å²) in [6, 6.07) is 23.6. The molecule has 0 radical (unpaired) electrons. The van der Waals surface area contributed by atoms with E-state index in [1.807, 2.05) is 42.5 Å². The van der Waals surface area contributed by atoms with Crippen LogP contribution in [0.2, 0.25) is 0 Å². The second-order valence-electron chi connectivity index (χ2n) is 9.59. The van der Waals surface area contributed by atoms with Gasteiger partial charge in [-0.25, -0.2) is 0 Å². The van der Waals surface area contributed by atoms with Crippen molar-refractivity contribution in [2.75, 3.05) is 0 Å². The lowest BCUT2D eigenvalue weighted by Gasteiger charge is -2.21. The SMILES string of the molecule is NC(=O)C(CCC(=O)O)NC(=O)C(CCC(=O)O)NC(=O)CCc1ccc(-c2ccc(-c3ccccc3)cc2)cc1. The molecular formula is C31H33N3O7. The van der Waals surface area contributed by atoms with Crippen LogP contribution in [0.1, 0.15) is 37.7 Å². The summed E-state index contributed by atoms with van der Waals surface area (Å²) in [5.41, 5.74) is 10.5. The van der Waals surface area contributed by atoms with Gasteiger partial charge >= 0.3 is 11.9 Å². The zero-order chi connectivity index (χ0) is 29.8. The molecule has 0 fully saturated rings. The summed E-state index contributed by atoms with van der Waals surface area (Å²) < 4.78 is 0. The molecule has 3 rings (SSSR count). The molecule has 3 aromatic rings. The third-order valence-corrected chi connectivity index (χ3v) is 6.53. The Hall–Kier alpha value is -4.99. The van der Waals surface area contributed by atoms with Crippen molar-refractivity contribution >= 4 is 29.7 Å². The van der Waals surface area contributed by atoms with Crippen LogP contribution < -0.4 is 16.4 Å². The van der Waals surface area contributed by atoms with Crippen LogP contribution in [0.4, 0.5) is 0 Å². The highest BCUT2D eigenvalue weighted by Crippen LogP contribution is 2.25. The number of hydrogen-bond acceptors (Lipinski definition) is 5. The zero-order valence-corrected chi connectivity index (χ0v) is 22.4. The fourth-order valence-corrected chi connectivity index (χ4v) is 4.24. The van der Waals surface area contributed by atoms with Crippen molar-refractivity contribution in [3.05, 3.63) is 84.4 Å². The van der Waals surface area contributed by atoms with Gasteiger partial charge in [-0.15, -0.1) is 0 Å². The third kappa shape index (κ3) is 9.92. The number of carboxylic acid groups (broad SMARTS) is 2. The van der Waals surface area contributed by atoms with Crippen LogP contribution in [0.25, 0.3) is 22.3 Å². The van der Waals surface area contributed by atoms with Crippen LogP contribution >= 0.6 is 0 Å². The summed E-state index contributed by atoms with van der Waals surface area (Å²) in [6.07, 6.45) is -0.826. The number of carboxylic acids is 2. The predicted octanol–water partition coefficient (Wildman–Crippen LogP) is 3.14. The summed E-state index contributed by atoms with van der Waals surface area (Å²) in [5, 5.41) is 22.7. The first-order valence-electron chi connectivity index (χ1n) is 13.2. The lowest BCUT2D eigenvalue weighted by Crippen LogP contribution is -2.53. The Morgan fingerprint density at radius 3 is 1.56 bits per heavy atom. The average molecular weight is 560 g/mol. The van der Waals surface area contributed by atoms with Crippen molar-refractivity contribution in [3.63, 3.8) is 0 Å². The molecular weight excluding hydrogens is 526 g/mol. The van der Waals surface area contributed by atoms with Gasteiger partial charge in [-0.05, 0) is 47.1 Å². The second-order valence-corrected chi connectivity index (χ2v) is 9.59. The molecule has 0 aliphatic rings. The molecule has 0 aliphatic heterocycles. The molecule has 0 saturated carbocycles. The molecule has 6 N–H and O–H groups in total. The van der Waals surface area contributed by atoms with Gasteiger partial charge in [-0.2, -0.15) is 0 Å². The zero-order valence-electron chi connectivity index (χ0n) is 22.4. The molecule has 0 spiro atoms. The van der Waals surface area contributed by atoms with Crippen molar-refractivity contribution in [1.29, 1.82) is 0 Å². The van der Waals surface area contributed by atoms with E-state index >= 15 is 0 Å². The van der Waals surface area contributed by atoms with Gasteiger partial charge in [0.15, 0.2) is 0 Å². The Balaban J connectivity index is 1.57. The van der Waals surface area contributed by atoms with E-state index in [-0.39, 0.29) is 19.3 Å². The molecule has 2 unspecified atom stereocenters. The molecule has 41 heavy (non-hydrogen) atoms. The maximum absolute atomic E-state index is 12.7. The number of benzene rings is 3. The van der Waals surface area contributed by atoms with Gasteiger partial charge in [0.2, 0.25) is 17.7 Å². The molecule has 10 heteroatoms. The summed E-state index contributed by atoms with van der Waals surface area (Å²) in [6.45, 7) is 0. The molecule has 3 amide bonds. The van der Waals surface area contributed by atoms with Crippen LogP contribution in [0, 0.1) is 0 Å². The topological polar surface area (TPSA) is 176 Å². The minimum atomic E-state index is -1.27. The molecule has 2 atom stereocenters. The summed E-state index contributed by atoms with van der Waals surface area (Å²) in [5.74, 6) is -4.55. The van der Waals surface area contributed by atoms with Crippen molar-refractivity contribution in [1.82, 2.24) is 10.6 Å². The number of primary amides is 1. The molecule has 0 heterocycles. The first kappa shape index (κ1) is 30.6. The highest BCUT2D eigenvalue weighted by molar-refractivity contribution is 5.92. The molecule has 3 aromatic carbocycles. The number of rotatable bonds is 15. The molecule has 0 saturated heterocycles. The van der Waals surface area contributed by atoms with Gasteiger partial charge in [0.05, 0.1) is 0 Å². The highest BCUT2D eigenvalue weighted by atomic mass is 16.4. The molecule has 214 valence electrons. The fourth-order valence-electron chi connectivity index (χ4n) is 4.24. The van der Waals surface area contributed by atoms with E-state index in [0.717, 1.165) is 27.8 Å². The Morgan fingerprint density at radius 2 is 1.07 bits per heavy atom. The van der Waals surface area contributed by atoms with Crippen LogP contribution in [0.15, 0.2) is 78.9 Å². The van der Waals surface area contributed by atoms with E-state index < -0.39 is 54.6 Å². The van der Waals surface area contributed by atoms with Gasteiger partial charge in [0.25, 0.3) is 0 Å². The first-order chi connectivity index (χ1) is 19.6. The van der Waals surface area contributed by atoms with Crippen molar-refractivity contribution in [3.8, 4) is 22.3 Å². The van der Waals surface area contributed by atoms with Crippen LogP contribution in [-0.4, -0.2) is 52.0 Å². The highest BCUT2D eigenvalue weighted by Gasteiger charge is 2.26. The van der Waals surface area contributed by atoms with Gasteiger partial charge in [-0.3, -0.25) is 24.0 Å². The summed E-state index contributed by atoms with van der Waals surface area (Å²) in [7, 11) is 0. The van der Waals surface area contributed by atoms with Gasteiger partial charge in [0.1, 0.15) is 12.1 Å². The summed E-state index contributed by atoms with van der Waals surface area (Å²) in [4.78, 5) is 58.9. The first-order valence-corrected chi connectivity index (χ1v) is 13.2. The lowest BCUT2D eigenvalue weighted by molar-refractivity contribution is -0.139. The minimum absolute atomic E-state index is 0.0419. The van der Waals surface area contributed by atoms with E-state index in [9.17, 15) is 24.0 Å². The van der Waals surface area contributed by atoms with Gasteiger partial charge in [0, 0.05) is 19.3 Å². The van der Waals surface area contributed by atoms with Crippen molar-refractivity contribution in [2.24, 2.45) is 5.73 Å². The van der Waals surface area contributed by atoms with Gasteiger partial charge in [-0.1, -0.05) is 78.9 Å². The smallest absolute Gasteiger partial charge is 0.303 e. The van der Waals surface area contributed by atoms with E-state index in [2.05, 4.69) is 47.0 Å². The predicted molar refractivity (Wildman–Crippen MR) is 152 cm³/mol. The third-order valence-electron chi connectivity index (χ3n) is 6.53. The summed E-state index contributed by atoms with van der Waals surface area (Å²) >= 11 is 0. The Labute approximate surface area is 237 Å². The minimum Gasteiger partial charge on any atom is -0.481 e. The Morgan fingerprint density at radius 1 is 0.610 bits per heavy atom. The van der Waals surface area contributed by atoms with Crippen molar-refractivity contribution in [2.45, 2.75) is 50.6 Å². The van der Waals surface area contributed by atoms with E-state index in [1.54, 1.807) is 0 Å². The quantitative estimate of drug-likeness (QED) is 0.190. The number of hydrogen-bond donors (Lipinski definition) is 5. The largest absolute Gasteiger partial charge is 0.481 e. The van der Waals surface area contributed by atoms with Gasteiger partial charge < -0.3 is 26.6 Å². The maximum atomic E-state index is 12.7. The molecule has 0 bridgehead atoms. The normalized spacial score (nSPS) is 12.1. The second kappa shape index (κ2) is 15.0. The lowest BCUT2D eigenvalue weighted by atomic mass is 9.99. The number of carbonyl (C=O) groups is 5. The van der Waals surface area contributed by atoms with E-state index in [0.29, 0.717) is 6.42 Å². The number of aliphatic carboxylic acids is 2. The molecule has 10 nitrogen and oxygen atoms in total. The van der Waals surface area contributed by atoms with Crippen molar-refractivity contribution < 1.29 is 34.2 Å². The number of carbonyl (C=O) groups excluding carboxylic acids is 3. The number of nitrogens with one attached hydrogen (secondary N) is 2. The Bertz CT molecular complexity index is 1360. The number of amides is 3. The standard InChI is InChI=1S/C31H33N3O7/c32-30(40)25(15-18-28(36)37)34-31(41)26(16-19-29(38)39)33-27(35)17-8-20-6-9-22(10-7-20)24-13-11-23(12-14-24)21-4-2-1-3-5-21/h1-7,9-14,25-26H,8,15-19H2,(H2,32,40)(H,33,35)(H,34,41)(H,36,37)(H,38,39). The van der Waals surface area contributed by atoms with Crippen LogP contribution in [-0.2, 0) is 30.4 Å². The van der Waals surface area contributed by atoms with Crippen LogP contribution in [0.5, 0.6) is 0 Å². The van der Waals surface area contributed by atoms with E-state index in [1.165, 1.54) is 0 Å². The Kier molecular flexibility index (Phi) is 11.2. The molecule has 0 aromatic heterocycles. The monoisotopic (exact) mass is 559 g/mol. The fraction of sp³-hybridized carbons (Fsp3) is 0.258. The number of aryl methyl sites for hydroxylation is 1. The van der Waals surface area contributed by atoms with E-state index in [4.69, 9.17) is 15.9 Å². The van der Waals surface area contributed by atoms with Crippen LogP contribution in [0.3, 0.4) is 0 Å². The number of nitrogens with two attached hydrogens (primary N) is 1.